The second-order valence-electron chi connectivity index (χ2n) is 9.41. The Balaban J connectivity index is 1.31. The molecule has 0 aliphatic carbocycles. The number of amides is 2. The fraction of sp³-hybridized carbons (Fsp3) is 0.233. The predicted molar refractivity (Wildman–Crippen MR) is 143 cm³/mol. The first-order valence-corrected chi connectivity index (χ1v) is 11.9. The molecule has 0 aliphatic heterocycles. The monoisotopic (exact) mass is 467 g/mol. The predicted octanol–water partition coefficient (Wildman–Crippen LogP) is 6.56. The Kier molecular flexibility index (Phi) is 7.25. The van der Waals surface area contributed by atoms with E-state index in [4.69, 9.17) is 4.74 Å². The maximum Gasteiger partial charge on any atom is 0.315 e. The topological polar surface area (TPSA) is 66.2 Å². The first kappa shape index (κ1) is 24.1. The summed E-state index contributed by atoms with van der Waals surface area (Å²) in [6, 6.07) is 24.1. The van der Waals surface area contributed by atoms with E-state index in [1.54, 1.807) is 0 Å². The van der Waals surface area contributed by atoms with Crippen LogP contribution in [-0.4, -0.2) is 17.6 Å². The number of benzene rings is 3. The van der Waals surface area contributed by atoms with Gasteiger partial charge in [0.05, 0.1) is 5.54 Å². The molecule has 4 aromatic rings. The lowest BCUT2D eigenvalue weighted by molar-refractivity contribution is 0.230. The van der Waals surface area contributed by atoms with E-state index in [0.29, 0.717) is 13.2 Å². The molecular formula is C30H33N3O2. The molecule has 4 rings (SSSR count). The van der Waals surface area contributed by atoms with E-state index in [-0.39, 0.29) is 6.03 Å². The van der Waals surface area contributed by atoms with Crippen LogP contribution in [0.15, 0.2) is 85.6 Å². The van der Waals surface area contributed by atoms with Gasteiger partial charge in [0.2, 0.25) is 0 Å². The zero-order valence-electron chi connectivity index (χ0n) is 20.7. The quantitative estimate of drug-likeness (QED) is 0.261. The molecule has 0 bridgehead atoms. The van der Waals surface area contributed by atoms with Gasteiger partial charge in [0.15, 0.2) is 0 Å². The normalized spacial score (nSPS) is 11.3. The highest BCUT2D eigenvalue weighted by atomic mass is 16.5. The van der Waals surface area contributed by atoms with Crippen molar-refractivity contribution in [3.63, 3.8) is 0 Å². The number of carbonyl (C=O) groups is 1. The maximum atomic E-state index is 12.6. The minimum absolute atomic E-state index is 0.188. The number of nitrogens with one attached hydrogen (secondary N) is 3. The van der Waals surface area contributed by atoms with Crippen LogP contribution in [0.1, 0.15) is 43.0 Å². The minimum atomic E-state index is -0.507. The number of urea groups is 1. The lowest BCUT2D eigenvalue weighted by Crippen LogP contribution is -2.46. The van der Waals surface area contributed by atoms with Gasteiger partial charge >= 0.3 is 6.03 Å². The van der Waals surface area contributed by atoms with Gasteiger partial charge in [-0.05, 0) is 67.6 Å². The van der Waals surface area contributed by atoms with E-state index >= 15 is 0 Å². The zero-order chi connectivity index (χ0) is 24.8. The third-order valence-electron chi connectivity index (χ3n) is 6.17. The van der Waals surface area contributed by atoms with Crippen molar-refractivity contribution >= 4 is 22.5 Å². The molecule has 0 atom stereocenters. The molecule has 180 valence electrons. The second-order valence-corrected chi connectivity index (χ2v) is 9.41. The molecule has 0 aliphatic rings. The largest absolute Gasteiger partial charge is 0.489 e. The summed E-state index contributed by atoms with van der Waals surface area (Å²) in [7, 11) is 0. The Labute approximate surface area is 207 Å². The number of aromatic amines is 1. The fourth-order valence-electron chi connectivity index (χ4n) is 4.09. The lowest BCUT2D eigenvalue weighted by atomic mass is 9.92. The molecule has 5 heteroatoms. The Bertz CT molecular complexity index is 1320. The van der Waals surface area contributed by atoms with Crippen molar-refractivity contribution in [1.29, 1.82) is 0 Å². The third-order valence-corrected chi connectivity index (χ3v) is 6.17. The lowest BCUT2D eigenvalue weighted by Gasteiger charge is -2.27. The summed E-state index contributed by atoms with van der Waals surface area (Å²) in [5.41, 5.74) is 5.92. The molecule has 1 heterocycles. The van der Waals surface area contributed by atoms with Gasteiger partial charge in [-0.1, -0.05) is 60.7 Å². The van der Waals surface area contributed by atoms with Gasteiger partial charge in [0.1, 0.15) is 12.4 Å². The van der Waals surface area contributed by atoms with Gasteiger partial charge in [0.25, 0.3) is 0 Å². The standard InChI is InChI=1S/C30H33N3O2/c1-21(2)23-11-8-12-25(17-23)30(3,4)33-29(34)31-16-15-24-19-32-28-18-26(13-14-27(24)28)35-20-22-9-6-5-7-10-22/h5-14,17-19,32H,1,15-16,20H2,2-4H3,(H2,31,33,34). The summed E-state index contributed by atoms with van der Waals surface area (Å²) >= 11 is 0. The molecule has 3 aromatic carbocycles. The number of hydrogen-bond acceptors (Lipinski definition) is 2. The van der Waals surface area contributed by atoms with Crippen molar-refractivity contribution in [3.05, 3.63) is 108 Å². The summed E-state index contributed by atoms with van der Waals surface area (Å²) in [6.45, 7) is 11.1. The molecule has 1 aromatic heterocycles. The van der Waals surface area contributed by atoms with E-state index in [1.807, 2.05) is 75.5 Å². The first-order chi connectivity index (χ1) is 16.8. The summed E-state index contributed by atoms with van der Waals surface area (Å²) in [6.07, 6.45) is 2.72. The van der Waals surface area contributed by atoms with Crippen LogP contribution in [0.3, 0.4) is 0 Å². The van der Waals surface area contributed by atoms with E-state index < -0.39 is 5.54 Å². The van der Waals surface area contributed by atoms with Crippen LogP contribution in [0.4, 0.5) is 4.79 Å². The molecular weight excluding hydrogens is 434 g/mol. The van der Waals surface area contributed by atoms with Crippen LogP contribution in [0.5, 0.6) is 5.75 Å². The minimum Gasteiger partial charge on any atom is -0.489 e. The number of carbonyl (C=O) groups excluding carboxylic acids is 1. The third kappa shape index (κ3) is 6.12. The number of fused-ring (bicyclic) bond motifs is 1. The fourth-order valence-corrected chi connectivity index (χ4v) is 4.09. The van der Waals surface area contributed by atoms with Crippen molar-refractivity contribution in [3.8, 4) is 5.75 Å². The van der Waals surface area contributed by atoms with Crippen molar-refractivity contribution in [2.75, 3.05) is 6.54 Å². The number of ether oxygens (including phenoxy) is 1. The Morgan fingerprint density at radius 2 is 1.83 bits per heavy atom. The molecule has 2 amide bonds. The van der Waals surface area contributed by atoms with Crippen molar-refractivity contribution in [2.45, 2.75) is 39.3 Å². The smallest absolute Gasteiger partial charge is 0.315 e. The van der Waals surface area contributed by atoms with Gasteiger partial charge in [0, 0.05) is 29.7 Å². The Hall–Kier alpha value is -3.99. The van der Waals surface area contributed by atoms with Crippen LogP contribution in [-0.2, 0) is 18.6 Å². The highest BCUT2D eigenvalue weighted by molar-refractivity contribution is 5.84. The number of aromatic nitrogens is 1. The summed E-state index contributed by atoms with van der Waals surface area (Å²) < 4.78 is 5.94. The Morgan fingerprint density at radius 3 is 2.60 bits per heavy atom. The first-order valence-electron chi connectivity index (χ1n) is 11.9. The molecule has 0 radical (unpaired) electrons. The molecule has 5 nitrogen and oxygen atoms in total. The number of hydrogen-bond donors (Lipinski definition) is 3. The van der Waals surface area contributed by atoms with Crippen LogP contribution in [0.25, 0.3) is 16.5 Å². The number of H-pyrrole nitrogens is 1. The van der Waals surface area contributed by atoms with Gasteiger partial charge in [-0.25, -0.2) is 4.79 Å². The summed E-state index contributed by atoms with van der Waals surface area (Å²) in [5.74, 6) is 0.824. The van der Waals surface area contributed by atoms with E-state index in [0.717, 1.165) is 50.9 Å². The molecule has 0 fully saturated rings. The van der Waals surface area contributed by atoms with Crippen LogP contribution in [0, 0.1) is 0 Å². The molecule has 0 spiro atoms. The molecule has 0 unspecified atom stereocenters. The summed E-state index contributed by atoms with van der Waals surface area (Å²) in [4.78, 5) is 15.9. The average molecular weight is 468 g/mol. The molecule has 0 saturated heterocycles. The van der Waals surface area contributed by atoms with Crippen molar-refractivity contribution < 1.29 is 9.53 Å². The van der Waals surface area contributed by atoms with Gasteiger partial charge in [-0.15, -0.1) is 0 Å². The van der Waals surface area contributed by atoms with Gasteiger partial charge < -0.3 is 20.4 Å². The van der Waals surface area contributed by atoms with Crippen LogP contribution in [0.2, 0.25) is 0 Å². The van der Waals surface area contributed by atoms with Gasteiger partial charge in [-0.3, -0.25) is 0 Å². The van der Waals surface area contributed by atoms with Gasteiger partial charge in [-0.2, -0.15) is 0 Å². The highest BCUT2D eigenvalue weighted by Crippen LogP contribution is 2.25. The molecule has 35 heavy (non-hydrogen) atoms. The van der Waals surface area contributed by atoms with E-state index in [9.17, 15) is 4.79 Å². The molecule has 3 N–H and O–H groups in total. The molecule has 0 saturated carbocycles. The number of allylic oxidation sites excluding steroid dienone is 1. The zero-order valence-corrected chi connectivity index (χ0v) is 20.7. The number of rotatable bonds is 9. The highest BCUT2D eigenvalue weighted by Gasteiger charge is 2.23. The summed E-state index contributed by atoms with van der Waals surface area (Å²) in [5, 5.41) is 7.21. The van der Waals surface area contributed by atoms with E-state index in [2.05, 4.69) is 46.5 Å². The van der Waals surface area contributed by atoms with Crippen LogP contribution < -0.4 is 15.4 Å². The van der Waals surface area contributed by atoms with Crippen molar-refractivity contribution in [1.82, 2.24) is 15.6 Å². The maximum absolute atomic E-state index is 12.6. The SMILES string of the molecule is C=C(C)c1cccc(C(C)(C)NC(=O)NCCc2c[nH]c3cc(OCc4ccccc4)ccc23)c1. The average Bonchev–Trinajstić information content (AvgIpc) is 3.25. The Morgan fingerprint density at radius 1 is 1.03 bits per heavy atom. The van der Waals surface area contributed by atoms with Crippen molar-refractivity contribution in [2.24, 2.45) is 0 Å². The van der Waals surface area contributed by atoms with E-state index in [1.165, 1.54) is 0 Å². The van der Waals surface area contributed by atoms with Crippen LogP contribution >= 0.6 is 0 Å². The second kappa shape index (κ2) is 10.5.